The molecule has 0 fully saturated rings. The molecule has 0 saturated carbocycles. The summed E-state index contributed by atoms with van der Waals surface area (Å²) in [5.41, 5.74) is 2.95. The molecule has 0 spiro atoms. The highest BCUT2D eigenvalue weighted by molar-refractivity contribution is 7.92. The van der Waals surface area contributed by atoms with Crippen molar-refractivity contribution in [2.24, 2.45) is 0 Å². The molecule has 0 radical (unpaired) electrons. The van der Waals surface area contributed by atoms with Gasteiger partial charge < -0.3 is 0 Å². The minimum atomic E-state index is -3.65. The lowest BCUT2D eigenvalue weighted by Gasteiger charge is -2.10. The molecule has 6 heteroatoms. The number of nitrogens with zero attached hydrogens (tertiary/aromatic N) is 2. The van der Waals surface area contributed by atoms with Gasteiger partial charge in [0.05, 0.1) is 22.5 Å². The molecule has 23 heavy (non-hydrogen) atoms. The van der Waals surface area contributed by atoms with Crippen LogP contribution in [-0.2, 0) is 10.0 Å². The van der Waals surface area contributed by atoms with Gasteiger partial charge in [0, 0.05) is 0 Å². The Balaban J connectivity index is 1.88. The molecule has 0 bridgehead atoms. The van der Waals surface area contributed by atoms with E-state index in [1.807, 2.05) is 30.3 Å². The van der Waals surface area contributed by atoms with Gasteiger partial charge in [0.15, 0.2) is 0 Å². The van der Waals surface area contributed by atoms with Crippen LogP contribution in [0.3, 0.4) is 0 Å². The first kappa shape index (κ1) is 15.2. The number of anilines is 1. The van der Waals surface area contributed by atoms with Crippen LogP contribution in [0.4, 0.5) is 5.69 Å². The van der Waals surface area contributed by atoms with Crippen molar-refractivity contribution < 1.29 is 8.42 Å². The number of hydrogen-bond donors (Lipinski definition) is 1. The lowest BCUT2D eigenvalue weighted by Crippen LogP contribution is -2.14. The molecule has 0 saturated heterocycles. The molecule has 0 atom stereocenters. The van der Waals surface area contributed by atoms with Gasteiger partial charge in [-0.2, -0.15) is 10.2 Å². The molecular formula is C17H15N3O2S. The largest absolute Gasteiger partial charge is 0.278 e. The van der Waals surface area contributed by atoms with E-state index in [2.05, 4.69) is 14.9 Å². The third-order valence-corrected chi connectivity index (χ3v) is 4.80. The molecule has 0 unspecified atom stereocenters. The lowest BCUT2D eigenvalue weighted by molar-refractivity contribution is 0.601. The minimum Gasteiger partial charge on any atom is -0.278 e. The first-order chi connectivity index (χ1) is 11.1. The zero-order valence-corrected chi connectivity index (χ0v) is 13.3. The van der Waals surface area contributed by atoms with E-state index in [1.165, 1.54) is 6.20 Å². The van der Waals surface area contributed by atoms with E-state index in [4.69, 9.17) is 0 Å². The number of nitrogens with one attached hydrogen (secondary N) is 1. The first-order valence-electron chi connectivity index (χ1n) is 7.03. The number of aryl methyl sites for hydroxylation is 1. The van der Waals surface area contributed by atoms with Crippen molar-refractivity contribution >= 4 is 15.7 Å². The van der Waals surface area contributed by atoms with Gasteiger partial charge in [-0.3, -0.25) is 4.72 Å². The van der Waals surface area contributed by atoms with E-state index in [1.54, 1.807) is 37.3 Å². The summed E-state index contributed by atoms with van der Waals surface area (Å²) in [6.07, 6.45) is 1.45. The summed E-state index contributed by atoms with van der Waals surface area (Å²) in [4.78, 5) is 0.202. The van der Waals surface area contributed by atoms with Crippen molar-refractivity contribution in [1.82, 2.24) is 10.2 Å². The van der Waals surface area contributed by atoms with E-state index >= 15 is 0 Å². The SMILES string of the molecule is Cc1nnccc1NS(=O)(=O)c1ccc(-c2ccccc2)cc1. The molecule has 116 valence electrons. The summed E-state index contributed by atoms with van der Waals surface area (Å²) in [6, 6.07) is 18.1. The van der Waals surface area contributed by atoms with Crippen molar-refractivity contribution in [3.8, 4) is 11.1 Å². The van der Waals surface area contributed by atoms with Gasteiger partial charge in [-0.1, -0.05) is 42.5 Å². The van der Waals surface area contributed by atoms with E-state index in [0.29, 0.717) is 11.4 Å². The van der Waals surface area contributed by atoms with Gasteiger partial charge in [0.2, 0.25) is 0 Å². The standard InChI is InChI=1S/C17H15N3O2S/c1-13-17(11-12-18-19-13)20-23(21,22)16-9-7-15(8-10-16)14-5-3-2-4-6-14/h2-12H,1H3,(H,18,20). The van der Waals surface area contributed by atoms with Gasteiger partial charge in [0.25, 0.3) is 10.0 Å². The average Bonchev–Trinajstić information content (AvgIpc) is 2.58. The Hall–Kier alpha value is -2.73. The molecule has 1 heterocycles. The Morgan fingerprint density at radius 1 is 0.870 bits per heavy atom. The predicted molar refractivity (Wildman–Crippen MR) is 89.5 cm³/mol. The molecule has 5 nitrogen and oxygen atoms in total. The minimum absolute atomic E-state index is 0.202. The summed E-state index contributed by atoms with van der Waals surface area (Å²) >= 11 is 0. The topological polar surface area (TPSA) is 72.0 Å². The number of benzene rings is 2. The van der Waals surface area contributed by atoms with Crippen LogP contribution in [0.5, 0.6) is 0 Å². The molecule has 1 N–H and O–H groups in total. The summed E-state index contributed by atoms with van der Waals surface area (Å²) in [6.45, 7) is 1.70. The van der Waals surface area contributed by atoms with Crippen LogP contribution in [-0.4, -0.2) is 18.6 Å². The van der Waals surface area contributed by atoms with Crippen LogP contribution in [0.2, 0.25) is 0 Å². The second-order valence-electron chi connectivity index (χ2n) is 5.03. The van der Waals surface area contributed by atoms with Gasteiger partial charge in [-0.05, 0) is 36.2 Å². The summed E-state index contributed by atoms with van der Waals surface area (Å²) in [7, 11) is -3.65. The maximum absolute atomic E-state index is 12.4. The van der Waals surface area contributed by atoms with Crippen molar-refractivity contribution in [3.63, 3.8) is 0 Å². The third-order valence-electron chi connectivity index (χ3n) is 3.42. The molecular weight excluding hydrogens is 310 g/mol. The Bertz CT molecular complexity index is 908. The number of hydrogen-bond acceptors (Lipinski definition) is 4. The van der Waals surface area contributed by atoms with Crippen molar-refractivity contribution in [2.75, 3.05) is 4.72 Å². The van der Waals surface area contributed by atoms with E-state index in [-0.39, 0.29) is 4.90 Å². The summed E-state index contributed by atoms with van der Waals surface area (Å²) in [5.74, 6) is 0. The molecule has 2 aromatic carbocycles. The van der Waals surface area contributed by atoms with Gasteiger partial charge in [-0.25, -0.2) is 8.42 Å². The van der Waals surface area contributed by atoms with Crippen LogP contribution < -0.4 is 4.72 Å². The molecule has 0 aliphatic rings. The maximum Gasteiger partial charge on any atom is 0.261 e. The zero-order chi connectivity index (χ0) is 16.3. The zero-order valence-electron chi connectivity index (χ0n) is 12.5. The van der Waals surface area contributed by atoms with Gasteiger partial charge in [-0.15, -0.1) is 0 Å². The predicted octanol–water partition coefficient (Wildman–Crippen LogP) is 3.25. The molecule has 3 rings (SSSR count). The fourth-order valence-electron chi connectivity index (χ4n) is 2.17. The smallest absolute Gasteiger partial charge is 0.261 e. The third kappa shape index (κ3) is 3.37. The highest BCUT2D eigenvalue weighted by Gasteiger charge is 2.15. The Labute approximate surface area is 135 Å². The normalized spacial score (nSPS) is 11.2. The van der Waals surface area contributed by atoms with Crippen molar-refractivity contribution in [1.29, 1.82) is 0 Å². The van der Waals surface area contributed by atoms with Crippen LogP contribution in [0.25, 0.3) is 11.1 Å². The van der Waals surface area contributed by atoms with E-state index < -0.39 is 10.0 Å². The Morgan fingerprint density at radius 3 is 2.17 bits per heavy atom. The fourth-order valence-corrected chi connectivity index (χ4v) is 3.29. The molecule has 3 aromatic rings. The second kappa shape index (κ2) is 6.18. The van der Waals surface area contributed by atoms with Crippen LogP contribution >= 0.6 is 0 Å². The lowest BCUT2D eigenvalue weighted by atomic mass is 10.1. The quantitative estimate of drug-likeness (QED) is 0.799. The second-order valence-corrected chi connectivity index (χ2v) is 6.71. The van der Waals surface area contributed by atoms with Crippen LogP contribution in [0.15, 0.2) is 71.8 Å². The van der Waals surface area contributed by atoms with Crippen molar-refractivity contribution in [3.05, 3.63) is 72.6 Å². The van der Waals surface area contributed by atoms with Crippen LogP contribution in [0, 0.1) is 6.92 Å². The first-order valence-corrected chi connectivity index (χ1v) is 8.51. The highest BCUT2D eigenvalue weighted by atomic mass is 32.2. The Kier molecular flexibility index (Phi) is 4.08. The van der Waals surface area contributed by atoms with Crippen LogP contribution in [0.1, 0.15) is 5.69 Å². The monoisotopic (exact) mass is 325 g/mol. The molecule has 0 aliphatic carbocycles. The Morgan fingerprint density at radius 2 is 1.52 bits per heavy atom. The van der Waals surface area contributed by atoms with Gasteiger partial charge in [0.1, 0.15) is 0 Å². The van der Waals surface area contributed by atoms with Crippen molar-refractivity contribution in [2.45, 2.75) is 11.8 Å². The summed E-state index contributed by atoms with van der Waals surface area (Å²) in [5, 5.41) is 7.54. The molecule has 0 aliphatic heterocycles. The average molecular weight is 325 g/mol. The number of aromatic nitrogens is 2. The van der Waals surface area contributed by atoms with Gasteiger partial charge >= 0.3 is 0 Å². The summed E-state index contributed by atoms with van der Waals surface area (Å²) < 4.78 is 27.4. The number of rotatable bonds is 4. The highest BCUT2D eigenvalue weighted by Crippen LogP contribution is 2.22. The van der Waals surface area contributed by atoms with E-state index in [0.717, 1.165) is 11.1 Å². The maximum atomic E-state index is 12.4. The molecule has 1 aromatic heterocycles. The fraction of sp³-hybridized carbons (Fsp3) is 0.0588. The van der Waals surface area contributed by atoms with E-state index in [9.17, 15) is 8.42 Å². The number of sulfonamides is 1. The molecule has 0 amide bonds.